The van der Waals surface area contributed by atoms with Crippen molar-refractivity contribution in [3.8, 4) is 0 Å². The molecule has 2 atom stereocenters. The molecule has 1 aliphatic rings. The van der Waals surface area contributed by atoms with Gasteiger partial charge < -0.3 is 20.1 Å². The van der Waals surface area contributed by atoms with Gasteiger partial charge in [-0.05, 0) is 20.3 Å². The molecule has 0 aromatic carbocycles. The number of likely N-dealkylation sites (N-methyl/N-ethyl adjacent to an activating group) is 1. The van der Waals surface area contributed by atoms with Gasteiger partial charge in [0.2, 0.25) is 5.91 Å². The highest BCUT2D eigenvalue weighted by Crippen LogP contribution is 2.04. The monoisotopic (exact) mass is 216 g/mol. The van der Waals surface area contributed by atoms with Crippen molar-refractivity contribution >= 4 is 5.91 Å². The second-order valence-electron chi connectivity index (χ2n) is 3.63. The maximum Gasteiger partial charge on any atom is 0.236 e. The average molecular weight is 216 g/mol. The molecular formula is C10H20N2O3. The smallest absolute Gasteiger partial charge is 0.236 e. The van der Waals surface area contributed by atoms with Gasteiger partial charge in [-0.25, -0.2) is 0 Å². The second kappa shape index (κ2) is 6.76. The van der Waals surface area contributed by atoms with Gasteiger partial charge in [0.25, 0.3) is 0 Å². The first-order valence-electron chi connectivity index (χ1n) is 5.44. The van der Waals surface area contributed by atoms with Crippen molar-refractivity contribution < 1.29 is 14.3 Å². The number of nitrogens with one attached hydrogen (secondary N) is 2. The Labute approximate surface area is 90.5 Å². The summed E-state index contributed by atoms with van der Waals surface area (Å²) in [5.41, 5.74) is 0. The fourth-order valence-electron chi connectivity index (χ4n) is 1.39. The highest BCUT2D eigenvalue weighted by molar-refractivity contribution is 5.81. The van der Waals surface area contributed by atoms with Gasteiger partial charge >= 0.3 is 0 Å². The minimum atomic E-state index is -0.170. The van der Waals surface area contributed by atoms with Crippen LogP contribution in [0.4, 0.5) is 0 Å². The molecule has 1 rings (SSSR count). The molecule has 1 amide bonds. The summed E-state index contributed by atoms with van der Waals surface area (Å²) >= 11 is 0. The lowest BCUT2D eigenvalue weighted by Gasteiger charge is -2.24. The molecule has 2 N–H and O–H groups in total. The van der Waals surface area contributed by atoms with E-state index in [4.69, 9.17) is 9.47 Å². The lowest BCUT2D eigenvalue weighted by Crippen LogP contribution is -2.45. The summed E-state index contributed by atoms with van der Waals surface area (Å²) in [6.07, 6.45) is 1.05. The average Bonchev–Trinajstić information content (AvgIpc) is 2.27. The van der Waals surface area contributed by atoms with Crippen LogP contribution in [0.5, 0.6) is 0 Å². The number of rotatable bonds is 5. The van der Waals surface area contributed by atoms with E-state index >= 15 is 0 Å². The highest BCUT2D eigenvalue weighted by atomic mass is 16.7. The Morgan fingerprint density at radius 3 is 3.00 bits per heavy atom. The highest BCUT2D eigenvalue weighted by Gasteiger charge is 2.17. The first-order valence-corrected chi connectivity index (χ1v) is 5.44. The lowest BCUT2D eigenvalue weighted by atomic mass is 10.2. The van der Waals surface area contributed by atoms with Gasteiger partial charge in [-0.2, -0.15) is 0 Å². The van der Waals surface area contributed by atoms with Crippen molar-refractivity contribution in [3.05, 3.63) is 0 Å². The van der Waals surface area contributed by atoms with Crippen molar-refractivity contribution in [1.82, 2.24) is 10.6 Å². The number of hydrogen-bond acceptors (Lipinski definition) is 4. The minimum Gasteiger partial charge on any atom is -0.355 e. The minimum absolute atomic E-state index is 0.0320. The van der Waals surface area contributed by atoms with E-state index in [0.717, 1.165) is 13.0 Å². The zero-order valence-corrected chi connectivity index (χ0v) is 9.41. The third kappa shape index (κ3) is 4.59. The van der Waals surface area contributed by atoms with Crippen molar-refractivity contribution in [2.45, 2.75) is 32.4 Å². The Morgan fingerprint density at radius 1 is 1.60 bits per heavy atom. The molecular weight excluding hydrogens is 196 g/mol. The third-order valence-corrected chi connectivity index (χ3v) is 2.37. The van der Waals surface area contributed by atoms with Gasteiger partial charge in [0.05, 0.1) is 18.8 Å². The molecule has 1 aliphatic heterocycles. The Balaban J connectivity index is 2.14. The summed E-state index contributed by atoms with van der Waals surface area (Å²) in [7, 11) is 0. The maximum atomic E-state index is 11.4. The Kier molecular flexibility index (Phi) is 5.60. The van der Waals surface area contributed by atoms with E-state index in [1.54, 1.807) is 0 Å². The molecule has 1 saturated heterocycles. The Hall–Kier alpha value is -0.650. The van der Waals surface area contributed by atoms with E-state index in [-0.39, 0.29) is 18.1 Å². The molecule has 0 saturated carbocycles. The molecule has 0 radical (unpaired) electrons. The largest absolute Gasteiger partial charge is 0.355 e. The fraction of sp³-hybridized carbons (Fsp3) is 0.900. The number of carbonyl (C=O) groups is 1. The fourth-order valence-corrected chi connectivity index (χ4v) is 1.39. The maximum absolute atomic E-state index is 11.4. The molecule has 5 nitrogen and oxygen atoms in total. The first-order chi connectivity index (χ1) is 7.24. The van der Waals surface area contributed by atoms with Crippen LogP contribution in [0.3, 0.4) is 0 Å². The molecule has 0 aromatic heterocycles. The number of ether oxygens (including phenoxy) is 2. The summed E-state index contributed by atoms with van der Waals surface area (Å²) in [4.78, 5) is 11.4. The van der Waals surface area contributed by atoms with Crippen LogP contribution in [0.15, 0.2) is 0 Å². The summed E-state index contributed by atoms with van der Waals surface area (Å²) in [5.74, 6) is 0.0320. The number of carbonyl (C=O) groups excluding carboxylic acids is 1. The first kappa shape index (κ1) is 12.4. The van der Waals surface area contributed by atoms with Crippen LogP contribution < -0.4 is 10.6 Å². The van der Waals surface area contributed by atoms with Gasteiger partial charge in [0, 0.05) is 13.1 Å². The van der Waals surface area contributed by atoms with E-state index in [9.17, 15) is 4.79 Å². The zero-order chi connectivity index (χ0) is 11.1. The van der Waals surface area contributed by atoms with E-state index in [2.05, 4.69) is 10.6 Å². The SMILES string of the molecule is CCNC(=O)C(C)NCC1CCOCO1. The summed E-state index contributed by atoms with van der Waals surface area (Å²) in [6.45, 7) is 6.22. The van der Waals surface area contributed by atoms with E-state index in [0.29, 0.717) is 19.9 Å². The third-order valence-electron chi connectivity index (χ3n) is 2.37. The van der Waals surface area contributed by atoms with Crippen LogP contribution in [0.2, 0.25) is 0 Å². The van der Waals surface area contributed by atoms with Gasteiger partial charge in [0.1, 0.15) is 6.79 Å². The second-order valence-corrected chi connectivity index (χ2v) is 3.63. The van der Waals surface area contributed by atoms with E-state index in [1.165, 1.54) is 0 Å². The van der Waals surface area contributed by atoms with Gasteiger partial charge in [-0.3, -0.25) is 4.79 Å². The van der Waals surface area contributed by atoms with Crippen LogP contribution in [-0.4, -0.2) is 44.5 Å². The predicted molar refractivity (Wildman–Crippen MR) is 56.5 cm³/mol. The van der Waals surface area contributed by atoms with Crippen LogP contribution >= 0.6 is 0 Å². The number of amides is 1. The zero-order valence-electron chi connectivity index (χ0n) is 9.41. The lowest BCUT2D eigenvalue weighted by molar-refractivity contribution is -0.138. The normalized spacial score (nSPS) is 23.5. The molecule has 5 heteroatoms. The standard InChI is InChI=1S/C10H20N2O3/c1-3-11-10(13)8(2)12-6-9-4-5-14-7-15-9/h8-9,12H,3-7H2,1-2H3,(H,11,13). The number of hydrogen-bond donors (Lipinski definition) is 2. The molecule has 0 aliphatic carbocycles. The van der Waals surface area contributed by atoms with Crippen LogP contribution in [0.25, 0.3) is 0 Å². The van der Waals surface area contributed by atoms with Crippen molar-refractivity contribution in [1.29, 1.82) is 0 Å². The molecule has 1 heterocycles. The summed E-state index contributed by atoms with van der Waals surface area (Å²) in [5, 5.41) is 5.91. The molecule has 2 unspecified atom stereocenters. The molecule has 0 aromatic rings. The summed E-state index contributed by atoms with van der Waals surface area (Å²) < 4.78 is 10.4. The van der Waals surface area contributed by atoms with Crippen LogP contribution in [0, 0.1) is 0 Å². The molecule has 15 heavy (non-hydrogen) atoms. The Morgan fingerprint density at radius 2 is 2.40 bits per heavy atom. The van der Waals surface area contributed by atoms with Gasteiger partial charge in [0.15, 0.2) is 0 Å². The van der Waals surface area contributed by atoms with Crippen molar-refractivity contribution in [2.24, 2.45) is 0 Å². The van der Waals surface area contributed by atoms with Crippen LogP contribution in [0.1, 0.15) is 20.3 Å². The molecule has 0 spiro atoms. The van der Waals surface area contributed by atoms with Gasteiger partial charge in [-0.1, -0.05) is 0 Å². The predicted octanol–water partition coefficient (Wildman–Crippen LogP) is -0.136. The van der Waals surface area contributed by atoms with E-state index in [1.807, 2.05) is 13.8 Å². The summed E-state index contributed by atoms with van der Waals surface area (Å²) in [6, 6.07) is -0.170. The quantitative estimate of drug-likeness (QED) is 0.672. The topological polar surface area (TPSA) is 59.6 Å². The van der Waals surface area contributed by atoms with E-state index < -0.39 is 0 Å². The van der Waals surface area contributed by atoms with Crippen LogP contribution in [-0.2, 0) is 14.3 Å². The van der Waals surface area contributed by atoms with Crippen molar-refractivity contribution in [2.75, 3.05) is 26.5 Å². The van der Waals surface area contributed by atoms with Crippen molar-refractivity contribution in [3.63, 3.8) is 0 Å². The Bertz CT molecular complexity index is 193. The molecule has 88 valence electrons. The van der Waals surface area contributed by atoms with Gasteiger partial charge in [-0.15, -0.1) is 0 Å². The molecule has 0 bridgehead atoms. The molecule has 1 fully saturated rings.